The number of para-hydroxylation sites is 1. The molecule has 0 saturated carbocycles. The summed E-state index contributed by atoms with van der Waals surface area (Å²) in [5, 5.41) is 4.19. The zero-order valence-electron chi connectivity index (χ0n) is 15.4. The minimum absolute atomic E-state index is 0.162. The summed E-state index contributed by atoms with van der Waals surface area (Å²) in [6, 6.07) is 21.2. The largest absolute Gasteiger partial charge is 0.336 e. The van der Waals surface area contributed by atoms with Crippen molar-refractivity contribution < 1.29 is 4.79 Å². The molecule has 0 aliphatic heterocycles. The lowest BCUT2D eigenvalue weighted by Crippen LogP contribution is -2.27. The van der Waals surface area contributed by atoms with Crippen LogP contribution in [-0.2, 0) is 6.54 Å². The first-order valence-corrected chi connectivity index (χ1v) is 8.94. The van der Waals surface area contributed by atoms with Gasteiger partial charge in [-0.05, 0) is 23.8 Å². The van der Waals surface area contributed by atoms with Crippen LogP contribution < -0.4 is 5.32 Å². The Kier molecular flexibility index (Phi) is 4.93. The molecule has 0 fully saturated rings. The molecule has 2 aromatic carbocycles. The summed E-state index contributed by atoms with van der Waals surface area (Å²) in [6.07, 6.45) is 3.32. The number of rotatable bonds is 5. The standard InChI is InChI=1S/C22H19N5O/c1-27(15-16-7-3-2-4-8-16)21(28)19-12-14-24-22(26-19)25-18-11-5-9-17-10-6-13-23-20(17)18/h2-14H,15H2,1H3,(H,24,25,26). The van der Waals surface area contributed by atoms with Crippen LogP contribution in [0.25, 0.3) is 10.9 Å². The van der Waals surface area contributed by atoms with E-state index in [0.717, 1.165) is 22.2 Å². The van der Waals surface area contributed by atoms with E-state index in [1.54, 1.807) is 30.4 Å². The van der Waals surface area contributed by atoms with E-state index in [1.807, 2.05) is 60.7 Å². The van der Waals surface area contributed by atoms with Crippen molar-refractivity contribution >= 4 is 28.4 Å². The average molecular weight is 369 g/mol. The highest BCUT2D eigenvalue weighted by molar-refractivity contribution is 5.93. The van der Waals surface area contributed by atoms with Gasteiger partial charge in [-0.3, -0.25) is 9.78 Å². The van der Waals surface area contributed by atoms with E-state index in [1.165, 1.54) is 0 Å². The Morgan fingerprint density at radius 2 is 1.75 bits per heavy atom. The minimum atomic E-state index is -0.162. The first kappa shape index (κ1) is 17.6. The SMILES string of the molecule is CN(Cc1ccccc1)C(=O)c1ccnc(Nc2cccc3cccnc23)n1. The van der Waals surface area contributed by atoms with Gasteiger partial charge in [0, 0.05) is 31.4 Å². The molecule has 4 aromatic rings. The maximum atomic E-state index is 12.8. The van der Waals surface area contributed by atoms with Crippen molar-refractivity contribution in [1.82, 2.24) is 19.9 Å². The molecule has 0 unspecified atom stereocenters. The monoisotopic (exact) mass is 369 g/mol. The number of nitrogens with one attached hydrogen (secondary N) is 1. The Morgan fingerprint density at radius 3 is 2.61 bits per heavy atom. The van der Waals surface area contributed by atoms with E-state index in [9.17, 15) is 4.79 Å². The fraction of sp³-hybridized carbons (Fsp3) is 0.0909. The summed E-state index contributed by atoms with van der Waals surface area (Å²) in [4.78, 5) is 27.5. The van der Waals surface area contributed by atoms with E-state index < -0.39 is 0 Å². The molecule has 0 aliphatic rings. The number of carbonyl (C=O) groups excluding carboxylic acids is 1. The van der Waals surface area contributed by atoms with Crippen molar-refractivity contribution in [3.05, 3.63) is 90.4 Å². The zero-order chi connectivity index (χ0) is 19.3. The van der Waals surface area contributed by atoms with Crippen molar-refractivity contribution in [3.8, 4) is 0 Å². The van der Waals surface area contributed by atoms with Gasteiger partial charge < -0.3 is 10.2 Å². The van der Waals surface area contributed by atoms with Crippen LogP contribution in [0, 0.1) is 0 Å². The summed E-state index contributed by atoms with van der Waals surface area (Å²) in [5.41, 5.74) is 3.02. The van der Waals surface area contributed by atoms with Crippen LogP contribution in [0.15, 0.2) is 79.1 Å². The molecule has 1 N–H and O–H groups in total. The molecular formula is C22H19N5O. The molecule has 28 heavy (non-hydrogen) atoms. The lowest BCUT2D eigenvalue weighted by Gasteiger charge is -2.17. The third-order valence-electron chi connectivity index (χ3n) is 4.36. The highest BCUT2D eigenvalue weighted by Gasteiger charge is 2.15. The molecule has 1 amide bonds. The van der Waals surface area contributed by atoms with Crippen molar-refractivity contribution in [2.75, 3.05) is 12.4 Å². The molecule has 0 bridgehead atoms. The molecule has 2 aromatic heterocycles. The Labute approximate surface area is 162 Å². The van der Waals surface area contributed by atoms with Crippen LogP contribution >= 0.6 is 0 Å². The van der Waals surface area contributed by atoms with E-state index in [4.69, 9.17) is 0 Å². The molecule has 6 nitrogen and oxygen atoms in total. The van der Waals surface area contributed by atoms with Gasteiger partial charge in [-0.25, -0.2) is 9.97 Å². The summed E-state index contributed by atoms with van der Waals surface area (Å²) >= 11 is 0. The molecule has 0 aliphatic carbocycles. The zero-order valence-corrected chi connectivity index (χ0v) is 15.4. The summed E-state index contributed by atoms with van der Waals surface area (Å²) in [6.45, 7) is 0.514. The Hall–Kier alpha value is -3.80. The van der Waals surface area contributed by atoms with E-state index in [0.29, 0.717) is 18.2 Å². The maximum Gasteiger partial charge on any atom is 0.272 e. The van der Waals surface area contributed by atoms with Crippen molar-refractivity contribution in [2.45, 2.75) is 6.54 Å². The number of anilines is 2. The van der Waals surface area contributed by atoms with Crippen molar-refractivity contribution in [1.29, 1.82) is 0 Å². The number of hydrogen-bond donors (Lipinski definition) is 1. The van der Waals surface area contributed by atoms with Crippen LogP contribution in [0.3, 0.4) is 0 Å². The summed E-state index contributed by atoms with van der Waals surface area (Å²) in [7, 11) is 1.76. The van der Waals surface area contributed by atoms with Crippen molar-refractivity contribution in [3.63, 3.8) is 0 Å². The maximum absolute atomic E-state index is 12.8. The first-order valence-electron chi connectivity index (χ1n) is 8.94. The predicted molar refractivity (Wildman–Crippen MR) is 109 cm³/mol. The third kappa shape index (κ3) is 3.81. The normalized spacial score (nSPS) is 10.6. The first-order chi connectivity index (χ1) is 13.7. The second kappa shape index (κ2) is 7.84. The topological polar surface area (TPSA) is 71.0 Å². The number of hydrogen-bond acceptors (Lipinski definition) is 5. The lowest BCUT2D eigenvalue weighted by molar-refractivity contribution is 0.0779. The Bertz CT molecular complexity index is 1110. The van der Waals surface area contributed by atoms with Crippen LogP contribution in [0.4, 0.5) is 11.6 Å². The summed E-state index contributed by atoms with van der Waals surface area (Å²) in [5.74, 6) is 0.197. The van der Waals surface area contributed by atoms with Gasteiger partial charge >= 0.3 is 0 Å². The molecule has 6 heteroatoms. The predicted octanol–water partition coefficient (Wildman–Crippen LogP) is 4.04. The van der Waals surface area contributed by atoms with Gasteiger partial charge in [-0.1, -0.05) is 48.5 Å². The Balaban J connectivity index is 1.55. The Morgan fingerprint density at radius 1 is 0.929 bits per heavy atom. The number of carbonyl (C=O) groups is 1. The highest BCUT2D eigenvalue weighted by atomic mass is 16.2. The number of aromatic nitrogens is 3. The number of fused-ring (bicyclic) bond motifs is 1. The van der Waals surface area contributed by atoms with Gasteiger partial charge in [0.2, 0.25) is 5.95 Å². The molecule has 0 spiro atoms. The van der Waals surface area contributed by atoms with Gasteiger partial charge in [-0.2, -0.15) is 0 Å². The van der Waals surface area contributed by atoms with Gasteiger partial charge in [0.15, 0.2) is 0 Å². The minimum Gasteiger partial charge on any atom is -0.336 e. The quantitative estimate of drug-likeness (QED) is 0.575. The smallest absolute Gasteiger partial charge is 0.272 e. The number of nitrogens with zero attached hydrogens (tertiary/aromatic N) is 4. The van der Waals surface area contributed by atoms with E-state index >= 15 is 0 Å². The average Bonchev–Trinajstić information content (AvgIpc) is 2.74. The molecule has 0 atom stereocenters. The fourth-order valence-corrected chi connectivity index (χ4v) is 2.99. The highest BCUT2D eigenvalue weighted by Crippen LogP contribution is 2.23. The molecule has 4 rings (SSSR count). The van der Waals surface area contributed by atoms with E-state index in [-0.39, 0.29) is 5.91 Å². The van der Waals surface area contributed by atoms with Gasteiger partial charge in [-0.15, -0.1) is 0 Å². The van der Waals surface area contributed by atoms with Gasteiger partial charge in [0.25, 0.3) is 5.91 Å². The second-order valence-electron chi connectivity index (χ2n) is 6.42. The third-order valence-corrected chi connectivity index (χ3v) is 4.36. The number of benzene rings is 2. The van der Waals surface area contributed by atoms with Gasteiger partial charge in [0.1, 0.15) is 5.69 Å². The second-order valence-corrected chi connectivity index (χ2v) is 6.42. The lowest BCUT2D eigenvalue weighted by atomic mass is 10.2. The number of amides is 1. The van der Waals surface area contributed by atoms with Crippen LogP contribution in [-0.4, -0.2) is 32.8 Å². The molecule has 0 saturated heterocycles. The van der Waals surface area contributed by atoms with Gasteiger partial charge in [0.05, 0.1) is 11.2 Å². The molecular weight excluding hydrogens is 350 g/mol. The van der Waals surface area contributed by atoms with Crippen LogP contribution in [0.2, 0.25) is 0 Å². The van der Waals surface area contributed by atoms with Crippen LogP contribution in [0.1, 0.15) is 16.1 Å². The van der Waals surface area contributed by atoms with Crippen LogP contribution in [0.5, 0.6) is 0 Å². The van der Waals surface area contributed by atoms with E-state index in [2.05, 4.69) is 20.3 Å². The van der Waals surface area contributed by atoms with Crippen molar-refractivity contribution in [2.24, 2.45) is 0 Å². The molecule has 138 valence electrons. The summed E-state index contributed by atoms with van der Waals surface area (Å²) < 4.78 is 0. The fourth-order valence-electron chi connectivity index (χ4n) is 2.99. The molecule has 2 heterocycles. The molecule has 0 radical (unpaired) electrons. The number of pyridine rings is 1.